The third kappa shape index (κ3) is 5.53. The second-order valence-electron chi connectivity index (χ2n) is 5.89. The minimum absolute atomic E-state index is 0.135. The molecule has 0 radical (unpaired) electrons. The van der Waals surface area contributed by atoms with Gasteiger partial charge in [0, 0.05) is 59.6 Å². The summed E-state index contributed by atoms with van der Waals surface area (Å²) in [7, 11) is 3.55. The van der Waals surface area contributed by atoms with Gasteiger partial charge in [-0.05, 0) is 6.07 Å². The van der Waals surface area contributed by atoms with Crippen molar-refractivity contribution < 1.29 is 9.59 Å². The molecule has 0 saturated carbocycles. The van der Waals surface area contributed by atoms with Crippen LogP contribution in [-0.4, -0.2) is 91.4 Å². The number of nitrogens with one attached hydrogen (secondary N) is 2. The van der Waals surface area contributed by atoms with Crippen LogP contribution in [0.15, 0.2) is 12.3 Å². The monoisotopic (exact) mass is 341 g/mol. The lowest BCUT2D eigenvalue weighted by Gasteiger charge is -2.34. The fourth-order valence-corrected chi connectivity index (χ4v) is 2.59. The Balaban J connectivity index is 1.63. The van der Waals surface area contributed by atoms with Gasteiger partial charge in [-0.15, -0.1) is 0 Å². The van der Waals surface area contributed by atoms with E-state index in [-0.39, 0.29) is 11.8 Å². The number of hydrogen-bond acceptors (Lipinski definition) is 4. The molecule has 2 N–H and O–H groups in total. The molecule has 8 heteroatoms. The van der Waals surface area contributed by atoms with Gasteiger partial charge in [-0.2, -0.15) is 0 Å². The van der Waals surface area contributed by atoms with E-state index in [0.29, 0.717) is 23.8 Å². The van der Waals surface area contributed by atoms with Crippen molar-refractivity contribution in [3.63, 3.8) is 0 Å². The molecule has 1 fully saturated rings. The molecule has 0 unspecified atom stereocenters. The minimum Gasteiger partial charge on any atom is -0.356 e. The van der Waals surface area contributed by atoms with E-state index in [4.69, 9.17) is 11.6 Å². The van der Waals surface area contributed by atoms with Gasteiger partial charge in [-0.3, -0.25) is 19.4 Å². The first-order chi connectivity index (χ1) is 11.0. The fraction of sp³-hybridized carbons (Fsp3) is 0.600. The van der Waals surface area contributed by atoms with Crippen molar-refractivity contribution in [2.75, 3.05) is 59.9 Å². The molecule has 1 aromatic heterocycles. The fourth-order valence-electron chi connectivity index (χ4n) is 2.43. The van der Waals surface area contributed by atoms with Crippen LogP contribution in [0.5, 0.6) is 0 Å². The highest BCUT2D eigenvalue weighted by atomic mass is 35.5. The second kappa shape index (κ2) is 8.33. The first kappa shape index (κ1) is 17.8. The van der Waals surface area contributed by atoms with E-state index in [1.807, 2.05) is 0 Å². The molecule has 0 atom stereocenters. The summed E-state index contributed by atoms with van der Waals surface area (Å²) in [6.07, 6.45) is 1.59. The molecule has 23 heavy (non-hydrogen) atoms. The Morgan fingerprint density at radius 3 is 2.48 bits per heavy atom. The van der Waals surface area contributed by atoms with Gasteiger partial charge in [0.2, 0.25) is 5.91 Å². The predicted octanol–water partition coefficient (Wildman–Crippen LogP) is 0.104. The van der Waals surface area contributed by atoms with E-state index < -0.39 is 0 Å². The highest BCUT2D eigenvalue weighted by Crippen LogP contribution is 2.09. The van der Waals surface area contributed by atoms with Crippen LogP contribution in [0.25, 0.3) is 0 Å². The number of piperazine rings is 1. The van der Waals surface area contributed by atoms with Crippen LogP contribution in [0.3, 0.4) is 0 Å². The Morgan fingerprint density at radius 1 is 1.26 bits per heavy atom. The number of carbonyl (C=O) groups excluding carboxylic acids is 2. The highest BCUT2D eigenvalue weighted by Gasteiger charge is 2.19. The van der Waals surface area contributed by atoms with E-state index in [9.17, 15) is 9.59 Å². The van der Waals surface area contributed by atoms with Crippen LogP contribution in [0.4, 0.5) is 0 Å². The highest BCUT2D eigenvalue weighted by molar-refractivity contribution is 6.30. The normalized spacial score (nSPS) is 16.3. The predicted molar refractivity (Wildman–Crippen MR) is 89.7 cm³/mol. The molecule has 1 aromatic rings. The zero-order chi connectivity index (χ0) is 16.8. The number of nitrogens with zero attached hydrogens (tertiary/aromatic N) is 3. The van der Waals surface area contributed by atoms with Crippen LogP contribution in [-0.2, 0) is 4.79 Å². The molecule has 1 aliphatic rings. The summed E-state index contributed by atoms with van der Waals surface area (Å²) < 4.78 is 0. The van der Waals surface area contributed by atoms with E-state index in [2.05, 4.69) is 20.1 Å². The first-order valence-corrected chi connectivity index (χ1v) is 8.10. The maximum atomic E-state index is 11.9. The van der Waals surface area contributed by atoms with Crippen molar-refractivity contribution in [3.05, 3.63) is 23.0 Å². The van der Waals surface area contributed by atoms with Crippen molar-refractivity contribution in [1.82, 2.24) is 25.0 Å². The standard InChI is InChI=1S/C15H24ClN5O2/c1-19(2)14(22)11-21-7-5-20(6-8-21)4-3-17-15(23)13-9-12(16)10-18-13/h9-10,18H,3-8,11H2,1-2H3,(H,17,23). The van der Waals surface area contributed by atoms with Gasteiger partial charge < -0.3 is 15.2 Å². The quantitative estimate of drug-likeness (QED) is 0.770. The van der Waals surface area contributed by atoms with Crippen molar-refractivity contribution in [1.29, 1.82) is 0 Å². The number of halogens is 1. The van der Waals surface area contributed by atoms with Gasteiger partial charge in [0.05, 0.1) is 11.6 Å². The maximum Gasteiger partial charge on any atom is 0.267 e. The average molecular weight is 342 g/mol. The topological polar surface area (TPSA) is 71.7 Å². The number of aromatic nitrogens is 1. The summed E-state index contributed by atoms with van der Waals surface area (Å²) in [6, 6.07) is 1.61. The smallest absolute Gasteiger partial charge is 0.267 e. The Morgan fingerprint density at radius 2 is 1.91 bits per heavy atom. The second-order valence-corrected chi connectivity index (χ2v) is 6.33. The van der Waals surface area contributed by atoms with E-state index >= 15 is 0 Å². The van der Waals surface area contributed by atoms with Gasteiger partial charge >= 0.3 is 0 Å². The molecular weight excluding hydrogens is 318 g/mol. The molecule has 2 heterocycles. The van der Waals surface area contributed by atoms with Gasteiger partial charge in [0.15, 0.2) is 0 Å². The Kier molecular flexibility index (Phi) is 6.44. The molecule has 1 saturated heterocycles. The van der Waals surface area contributed by atoms with Gasteiger partial charge in [-0.25, -0.2) is 0 Å². The van der Waals surface area contributed by atoms with Crippen LogP contribution in [0.1, 0.15) is 10.5 Å². The number of rotatable bonds is 6. The van der Waals surface area contributed by atoms with Crippen molar-refractivity contribution in [2.24, 2.45) is 0 Å². The Bertz CT molecular complexity index is 538. The number of amides is 2. The summed E-state index contributed by atoms with van der Waals surface area (Å²) in [5.41, 5.74) is 0.474. The molecule has 1 aliphatic heterocycles. The molecule has 2 amide bonds. The van der Waals surface area contributed by atoms with Crippen molar-refractivity contribution in [2.45, 2.75) is 0 Å². The number of H-pyrrole nitrogens is 1. The molecule has 128 valence electrons. The van der Waals surface area contributed by atoms with Crippen LogP contribution >= 0.6 is 11.6 Å². The zero-order valence-corrected chi connectivity index (χ0v) is 14.4. The van der Waals surface area contributed by atoms with Crippen molar-refractivity contribution >= 4 is 23.4 Å². The molecule has 0 spiro atoms. The first-order valence-electron chi connectivity index (χ1n) is 7.72. The van der Waals surface area contributed by atoms with E-state index in [1.165, 1.54) is 0 Å². The van der Waals surface area contributed by atoms with Crippen LogP contribution in [0, 0.1) is 0 Å². The minimum atomic E-state index is -0.146. The molecule has 7 nitrogen and oxygen atoms in total. The lowest BCUT2D eigenvalue weighted by atomic mass is 10.3. The largest absolute Gasteiger partial charge is 0.356 e. The summed E-state index contributed by atoms with van der Waals surface area (Å²) in [6.45, 7) is 5.43. The molecule has 0 bridgehead atoms. The number of hydrogen-bond donors (Lipinski definition) is 2. The number of aromatic amines is 1. The number of likely N-dealkylation sites (N-methyl/N-ethyl adjacent to an activating group) is 1. The van der Waals surface area contributed by atoms with Crippen LogP contribution in [0.2, 0.25) is 5.02 Å². The molecule has 2 rings (SSSR count). The lowest BCUT2D eigenvalue weighted by Crippen LogP contribution is -2.50. The summed E-state index contributed by atoms with van der Waals surface area (Å²) in [4.78, 5) is 32.5. The van der Waals surface area contributed by atoms with E-state index in [1.54, 1.807) is 31.3 Å². The average Bonchev–Trinajstić information content (AvgIpc) is 2.95. The Hall–Kier alpha value is -1.57. The van der Waals surface area contributed by atoms with Gasteiger partial charge in [-0.1, -0.05) is 11.6 Å². The Labute approximate surface area is 141 Å². The van der Waals surface area contributed by atoms with E-state index in [0.717, 1.165) is 32.7 Å². The molecule has 0 aromatic carbocycles. The SMILES string of the molecule is CN(C)C(=O)CN1CCN(CCNC(=O)c2cc(Cl)c[nH]2)CC1. The maximum absolute atomic E-state index is 11.9. The third-order valence-corrected chi connectivity index (χ3v) is 4.15. The van der Waals surface area contributed by atoms with Crippen LogP contribution < -0.4 is 5.32 Å². The molecule has 0 aliphatic carbocycles. The van der Waals surface area contributed by atoms with Gasteiger partial charge in [0.1, 0.15) is 5.69 Å². The lowest BCUT2D eigenvalue weighted by molar-refractivity contribution is -0.130. The zero-order valence-electron chi connectivity index (χ0n) is 13.6. The summed E-state index contributed by atoms with van der Waals surface area (Å²) in [5.74, 6) is -0.0116. The van der Waals surface area contributed by atoms with Crippen molar-refractivity contribution in [3.8, 4) is 0 Å². The summed E-state index contributed by atoms with van der Waals surface area (Å²) in [5, 5.41) is 3.40. The number of carbonyl (C=O) groups is 2. The summed E-state index contributed by atoms with van der Waals surface area (Å²) >= 11 is 5.78. The third-order valence-electron chi connectivity index (χ3n) is 3.93. The molecular formula is C15H24ClN5O2. The van der Waals surface area contributed by atoms with Gasteiger partial charge in [0.25, 0.3) is 5.91 Å².